The second kappa shape index (κ2) is 7.44. The number of hydrogen-bond donors (Lipinski definition) is 1. The lowest BCUT2D eigenvalue weighted by Crippen LogP contribution is -2.37. The van der Waals surface area contributed by atoms with Crippen molar-refractivity contribution in [1.82, 2.24) is 0 Å². The number of Topliss-reactive ketones (excluding diaryl/α,β-unsaturated/α-hetero) is 1. The normalized spacial score (nSPS) is 14.8. The standard InChI is InChI=1S/C23H22O5/c1-14-13-20(24)15(2)21(22(14)25)23(26,16-5-9-18(27-3)10-6-16)17-7-11-19(28-4)12-8-17/h5-13,26H,1-4H3. The van der Waals surface area contributed by atoms with Gasteiger partial charge in [0.05, 0.1) is 14.2 Å². The number of ketones is 2. The molecule has 1 aliphatic rings. The molecule has 0 unspecified atom stereocenters. The van der Waals surface area contributed by atoms with Crippen LogP contribution in [0, 0.1) is 0 Å². The Kier molecular flexibility index (Phi) is 5.21. The first kappa shape index (κ1) is 19.6. The first-order valence-corrected chi connectivity index (χ1v) is 8.83. The molecule has 2 aromatic rings. The largest absolute Gasteiger partial charge is 0.497 e. The summed E-state index contributed by atoms with van der Waals surface area (Å²) in [6.45, 7) is 3.14. The van der Waals surface area contributed by atoms with E-state index >= 15 is 0 Å². The summed E-state index contributed by atoms with van der Waals surface area (Å²) < 4.78 is 10.4. The number of ether oxygens (including phenoxy) is 2. The van der Waals surface area contributed by atoms with Crippen molar-refractivity contribution in [2.24, 2.45) is 0 Å². The highest BCUT2D eigenvalue weighted by Crippen LogP contribution is 2.42. The minimum Gasteiger partial charge on any atom is -0.497 e. The van der Waals surface area contributed by atoms with Crippen molar-refractivity contribution in [2.75, 3.05) is 14.2 Å². The van der Waals surface area contributed by atoms with Gasteiger partial charge in [0, 0.05) is 16.7 Å². The molecule has 1 aliphatic carbocycles. The van der Waals surface area contributed by atoms with Gasteiger partial charge in [-0.05, 0) is 55.3 Å². The lowest BCUT2D eigenvalue weighted by molar-refractivity contribution is -0.117. The van der Waals surface area contributed by atoms with Crippen LogP contribution >= 0.6 is 0 Å². The van der Waals surface area contributed by atoms with Crippen LogP contribution in [0.25, 0.3) is 0 Å². The third-order valence-electron chi connectivity index (χ3n) is 5.05. The van der Waals surface area contributed by atoms with E-state index in [0.29, 0.717) is 28.2 Å². The van der Waals surface area contributed by atoms with E-state index in [1.165, 1.54) is 6.08 Å². The van der Waals surface area contributed by atoms with E-state index in [4.69, 9.17) is 9.47 Å². The highest BCUT2D eigenvalue weighted by Gasteiger charge is 2.43. The van der Waals surface area contributed by atoms with Gasteiger partial charge >= 0.3 is 0 Å². The van der Waals surface area contributed by atoms with Crippen LogP contribution in [0.1, 0.15) is 25.0 Å². The average molecular weight is 378 g/mol. The number of benzene rings is 2. The molecule has 1 N–H and O–H groups in total. The minimum absolute atomic E-state index is 0.0628. The van der Waals surface area contributed by atoms with Gasteiger partial charge < -0.3 is 14.6 Å². The lowest BCUT2D eigenvalue weighted by atomic mass is 9.73. The molecule has 0 saturated carbocycles. The topological polar surface area (TPSA) is 72.8 Å². The molecule has 144 valence electrons. The molecule has 5 heteroatoms. The number of methoxy groups -OCH3 is 2. The Morgan fingerprint density at radius 3 is 1.61 bits per heavy atom. The number of carbonyl (C=O) groups is 2. The van der Waals surface area contributed by atoms with Crippen LogP contribution in [0.15, 0.2) is 71.3 Å². The molecule has 0 fully saturated rings. The van der Waals surface area contributed by atoms with E-state index in [-0.39, 0.29) is 22.7 Å². The highest BCUT2D eigenvalue weighted by molar-refractivity contribution is 6.23. The maximum atomic E-state index is 13.0. The van der Waals surface area contributed by atoms with E-state index in [2.05, 4.69) is 0 Å². The highest BCUT2D eigenvalue weighted by atomic mass is 16.5. The number of carbonyl (C=O) groups excluding carboxylic acids is 2. The Hall–Kier alpha value is -3.18. The number of aliphatic hydroxyl groups is 1. The van der Waals surface area contributed by atoms with E-state index in [1.54, 1.807) is 76.6 Å². The van der Waals surface area contributed by atoms with Crippen molar-refractivity contribution < 1.29 is 24.2 Å². The van der Waals surface area contributed by atoms with Crippen molar-refractivity contribution in [2.45, 2.75) is 19.4 Å². The van der Waals surface area contributed by atoms with Crippen molar-refractivity contribution in [3.05, 3.63) is 82.5 Å². The first-order valence-electron chi connectivity index (χ1n) is 8.83. The summed E-state index contributed by atoms with van der Waals surface area (Å²) in [6.07, 6.45) is 1.31. The molecule has 0 aromatic heterocycles. The monoisotopic (exact) mass is 378 g/mol. The van der Waals surface area contributed by atoms with Crippen LogP contribution in [0.2, 0.25) is 0 Å². The van der Waals surface area contributed by atoms with E-state index in [0.717, 1.165) is 0 Å². The Labute approximate surface area is 163 Å². The molecular formula is C23H22O5. The molecule has 28 heavy (non-hydrogen) atoms. The van der Waals surface area contributed by atoms with Gasteiger partial charge in [-0.1, -0.05) is 24.3 Å². The fourth-order valence-corrected chi connectivity index (χ4v) is 3.42. The summed E-state index contributed by atoms with van der Waals surface area (Å²) in [7, 11) is 3.10. The van der Waals surface area contributed by atoms with Gasteiger partial charge in [0.25, 0.3) is 0 Å². The fourth-order valence-electron chi connectivity index (χ4n) is 3.42. The average Bonchev–Trinajstić information content (AvgIpc) is 2.72. The van der Waals surface area contributed by atoms with Gasteiger partial charge in [-0.15, -0.1) is 0 Å². The molecule has 0 bridgehead atoms. The van der Waals surface area contributed by atoms with Crippen LogP contribution in [-0.4, -0.2) is 30.9 Å². The van der Waals surface area contributed by atoms with Crippen molar-refractivity contribution in [3.63, 3.8) is 0 Å². The van der Waals surface area contributed by atoms with E-state index < -0.39 is 5.60 Å². The Bertz CT molecular complexity index is 931. The molecule has 2 aromatic carbocycles. The third kappa shape index (κ3) is 3.14. The molecule has 3 rings (SSSR count). The zero-order valence-corrected chi connectivity index (χ0v) is 16.3. The van der Waals surface area contributed by atoms with E-state index in [1.807, 2.05) is 0 Å². The summed E-state index contributed by atoms with van der Waals surface area (Å²) in [5, 5.41) is 11.9. The SMILES string of the molecule is COc1ccc(C(O)(C2=C(C)C(=O)C=C(C)C2=O)c2ccc(OC)cc2)cc1. The molecule has 5 nitrogen and oxygen atoms in total. The van der Waals surface area contributed by atoms with Gasteiger partial charge in [0.2, 0.25) is 0 Å². The first-order chi connectivity index (χ1) is 13.3. The van der Waals surface area contributed by atoms with Crippen LogP contribution in [-0.2, 0) is 15.2 Å². The number of allylic oxidation sites excluding steroid dienone is 3. The van der Waals surface area contributed by atoms with Crippen molar-refractivity contribution >= 4 is 11.6 Å². The quantitative estimate of drug-likeness (QED) is 0.808. The van der Waals surface area contributed by atoms with Crippen LogP contribution < -0.4 is 9.47 Å². The minimum atomic E-state index is -1.80. The summed E-state index contributed by atoms with van der Waals surface area (Å²) >= 11 is 0. The van der Waals surface area contributed by atoms with Crippen molar-refractivity contribution in [1.29, 1.82) is 0 Å². The molecule has 0 amide bonds. The van der Waals surface area contributed by atoms with Crippen LogP contribution in [0.4, 0.5) is 0 Å². The molecule has 0 saturated heterocycles. The number of rotatable bonds is 5. The van der Waals surface area contributed by atoms with Crippen LogP contribution in [0.3, 0.4) is 0 Å². The molecule has 0 atom stereocenters. The lowest BCUT2D eigenvalue weighted by Gasteiger charge is -2.34. The zero-order chi connectivity index (χ0) is 20.5. The molecule has 0 heterocycles. The summed E-state index contributed by atoms with van der Waals surface area (Å²) in [6, 6.07) is 13.6. The predicted octanol–water partition coefficient (Wildman–Crippen LogP) is 3.35. The second-order valence-corrected chi connectivity index (χ2v) is 6.69. The van der Waals surface area contributed by atoms with Crippen molar-refractivity contribution in [3.8, 4) is 11.5 Å². The Balaban J connectivity index is 2.28. The van der Waals surface area contributed by atoms with Gasteiger partial charge in [-0.3, -0.25) is 9.59 Å². The van der Waals surface area contributed by atoms with Crippen LogP contribution in [0.5, 0.6) is 11.5 Å². The third-order valence-corrected chi connectivity index (χ3v) is 5.05. The van der Waals surface area contributed by atoms with Gasteiger partial charge in [0.15, 0.2) is 11.6 Å². The van der Waals surface area contributed by atoms with Gasteiger partial charge in [-0.25, -0.2) is 0 Å². The maximum Gasteiger partial charge on any atom is 0.188 e. The molecule has 0 radical (unpaired) electrons. The number of hydrogen-bond acceptors (Lipinski definition) is 5. The van der Waals surface area contributed by atoms with Gasteiger partial charge in [0.1, 0.15) is 17.1 Å². The van der Waals surface area contributed by atoms with Gasteiger partial charge in [-0.2, -0.15) is 0 Å². The summed E-state index contributed by atoms with van der Waals surface area (Å²) in [5.74, 6) is 0.598. The summed E-state index contributed by atoms with van der Waals surface area (Å²) in [4.78, 5) is 25.5. The zero-order valence-electron chi connectivity index (χ0n) is 16.3. The summed E-state index contributed by atoms with van der Waals surface area (Å²) in [5.41, 5.74) is -0.291. The molecule has 0 spiro atoms. The Morgan fingerprint density at radius 2 is 1.21 bits per heavy atom. The molecule has 0 aliphatic heterocycles. The second-order valence-electron chi connectivity index (χ2n) is 6.69. The smallest absolute Gasteiger partial charge is 0.188 e. The Morgan fingerprint density at radius 1 is 0.786 bits per heavy atom. The fraction of sp³-hybridized carbons (Fsp3) is 0.217. The predicted molar refractivity (Wildman–Crippen MR) is 105 cm³/mol. The maximum absolute atomic E-state index is 13.0. The molecular weight excluding hydrogens is 356 g/mol. The van der Waals surface area contributed by atoms with E-state index in [9.17, 15) is 14.7 Å².